The lowest BCUT2D eigenvalue weighted by Crippen LogP contribution is -2.38. The molecule has 0 spiro atoms. The third kappa shape index (κ3) is 2.53. The van der Waals surface area contributed by atoms with Crippen molar-refractivity contribution in [3.8, 4) is 0 Å². The molecule has 14 heavy (non-hydrogen) atoms. The van der Waals surface area contributed by atoms with Crippen LogP contribution in [0, 0.1) is 0 Å². The maximum absolute atomic E-state index is 11.4. The van der Waals surface area contributed by atoms with Crippen molar-refractivity contribution in [3.63, 3.8) is 0 Å². The van der Waals surface area contributed by atoms with Gasteiger partial charge in [-0.1, -0.05) is 6.92 Å². The molecule has 6 heteroatoms. The zero-order valence-corrected chi connectivity index (χ0v) is 8.37. The number of hydrogen-bond donors (Lipinski definition) is 3. The van der Waals surface area contributed by atoms with Gasteiger partial charge >= 0.3 is 0 Å². The van der Waals surface area contributed by atoms with Crippen LogP contribution in [0.25, 0.3) is 0 Å². The first-order chi connectivity index (χ1) is 6.67. The zero-order chi connectivity index (χ0) is 10.6. The van der Waals surface area contributed by atoms with Crippen molar-refractivity contribution in [1.82, 2.24) is 20.5 Å². The van der Waals surface area contributed by atoms with Crippen LogP contribution in [0.1, 0.15) is 30.3 Å². The zero-order valence-electron chi connectivity index (χ0n) is 8.37. The van der Waals surface area contributed by atoms with Gasteiger partial charge in [-0.25, -0.2) is 4.98 Å². The highest BCUT2D eigenvalue weighted by molar-refractivity contribution is 5.90. The number of hydrogen-bond acceptors (Lipinski definition) is 4. The Morgan fingerprint density at radius 1 is 1.71 bits per heavy atom. The predicted octanol–water partition coefficient (Wildman–Crippen LogP) is -0.556. The first-order valence-corrected chi connectivity index (χ1v) is 4.59. The topological polar surface area (TPSA) is 96.7 Å². The Kier molecular flexibility index (Phi) is 3.58. The third-order valence-corrected chi connectivity index (χ3v) is 1.80. The van der Waals surface area contributed by atoms with Crippen molar-refractivity contribution in [3.05, 3.63) is 11.6 Å². The molecule has 0 aliphatic heterocycles. The molecule has 1 unspecified atom stereocenters. The van der Waals surface area contributed by atoms with Gasteiger partial charge < -0.3 is 11.1 Å². The van der Waals surface area contributed by atoms with E-state index in [2.05, 4.69) is 20.5 Å². The van der Waals surface area contributed by atoms with Gasteiger partial charge in [-0.2, -0.15) is 0 Å². The Morgan fingerprint density at radius 3 is 2.93 bits per heavy atom. The van der Waals surface area contributed by atoms with Gasteiger partial charge in [0, 0.05) is 19.0 Å². The number of aryl methyl sites for hydroxylation is 1. The SMILES string of the molecule is CCc1nc(C(=O)NC(C)CN)n[nH]1. The van der Waals surface area contributed by atoms with Crippen LogP contribution in [0.3, 0.4) is 0 Å². The van der Waals surface area contributed by atoms with E-state index in [4.69, 9.17) is 5.73 Å². The molecule has 0 fully saturated rings. The van der Waals surface area contributed by atoms with Crippen molar-refractivity contribution in [1.29, 1.82) is 0 Å². The molecule has 1 aromatic rings. The van der Waals surface area contributed by atoms with E-state index < -0.39 is 0 Å². The maximum Gasteiger partial charge on any atom is 0.291 e. The van der Waals surface area contributed by atoms with Gasteiger partial charge in [0.15, 0.2) is 0 Å². The summed E-state index contributed by atoms with van der Waals surface area (Å²) in [6.45, 7) is 4.16. The van der Waals surface area contributed by atoms with Gasteiger partial charge in [-0.3, -0.25) is 9.89 Å². The molecule has 1 aromatic heterocycles. The summed E-state index contributed by atoms with van der Waals surface area (Å²) in [6, 6.07) is -0.0638. The van der Waals surface area contributed by atoms with Crippen LogP contribution in [0.4, 0.5) is 0 Å². The minimum atomic E-state index is -0.293. The van der Waals surface area contributed by atoms with E-state index >= 15 is 0 Å². The van der Waals surface area contributed by atoms with E-state index in [9.17, 15) is 4.79 Å². The first kappa shape index (κ1) is 10.6. The molecule has 0 radical (unpaired) electrons. The maximum atomic E-state index is 11.4. The van der Waals surface area contributed by atoms with Crippen LogP contribution < -0.4 is 11.1 Å². The molecule has 0 saturated carbocycles. The van der Waals surface area contributed by atoms with Gasteiger partial charge in [0.1, 0.15) is 5.82 Å². The standard InChI is InChI=1S/C8H15N5O/c1-3-6-11-7(13-12-6)8(14)10-5(2)4-9/h5H,3-4,9H2,1-2H3,(H,10,14)(H,11,12,13). The number of H-pyrrole nitrogens is 1. The summed E-state index contributed by atoms with van der Waals surface area (Å²) in [5.41, 5.74) is 5.37. The molecule has 6 nitrogen and oxygen atoms in total. The Labute approximate surface area is 82.3 Å². The number of amides is 1. The van der Waals surface area contributed by atoms with Gasteiger partial charge in [0.05, 0.1) is 0 Å². The van der Waals surface area contributed by atoms with E-state index in [1.807, 2.05) is 13.8 Å². The fraction of sp³-hybridized carbons (Fsp3) is 0.625. The summed E-state index contributed by atoms with van der Waals surface area (Å²) < 4.78 is 0. The Morgan fingerprint density at radius 2 is 2.43 bits per heavy atom. The second kappa shape index (κ2) is 4.71. The number of rotatable bonds is 4. The monoisotopic (exact) mass is 197 g/mol. The number of aromatic amines is 1. The van der Waals surface area contributed by atoms with Crippen LogP contribution in [-0.4, -0.2) is 33.7 Å². The van der Waals surface area contributed by atoms with Gasteiger partial charge in [0.2, 0.25) is 5.82 Å². The molecule has 1 amide bonds. The molecule has 1 heterocycles. The van der Waals surface area contributed by atoms with E-state index in [-0.39, 0.29) is 17.8 Å². The summed E-state index contributed by atoms with van der Waals surface area (Å²) in [5.74, 6) is 0.580. The number of aromatic nitrogens is 3. The number of carbonyl (C=O) groups is 1. The quantitative estimate of drug-likeness (QED) is 0.603. The van der Waals surface area contributed by atoms with E-state index in [1.165, 1.54) is 0 Å². The van der Waals surface area contributed by atoms with Crippen molar-refractivity contribution < 1.29 is 4.79 Å². The second-order valence-electron chi connectivity index (χ2n) is 3.07. The second-order valence-corrected chi connectivity index (χ2v) is 3.07. The van der Waals surface area contributed by atoms with Gasteiger partial charge in [-0.05, 0) is 6.92 Å². The highest BCUT2D eigenvalue weighted by Gasteiger charge is 2.13. The van der Waals surface area contributed by atoms with E-state index in [0.717, 1.165) is 6.42 Å². The number of nitrogens with one attached hydrogen (secondary N) is 2. The van der Waals surface area contributed by atoms with Crippen LogP contribution in [0.15, 0.2) is 0 Å². The smallest absolute Gasteiger partial charge is 0.291 e. The van der Waals surface area contributed by atoms with Crippen LogP contribution in [0.5, 0.6) is 0 Å². The Bertz CT molecular complexity index is 308. The Hall–Kier alpha value is -1.43. The highest BCUT2D eigenvalue weighted by Crippen LogP contribution is 1.93. The third-order valence-electron chi connectivity index (χ3n) is 1.80. The highest BCUT2D eigenvalue weighted by atomic mass is 16.2. The first-order valence-electron chi connectivity index (χ1n) is 4.59. The molecular formula is C8H15N5O. The minimum Gasteiger partial charge on any atom is -0.346 e. The van der Waals surface area contributed by atoms with Crippen LogP contribution in [-0.2, 0) is 6.42 Å². The van der Waals surface area contributed by atoms with Crippen LogP contribution >= 0.6 is 0 Å². The summed E-state index contributed by atoms with van der Waals surface area (Å²) >= 11 is 0. The summed E-state index contributed by atoms with van der Waals surface area (Å²) in [4.78, 5) is 15.4. The molecule has 0 aliphatic carbocycles. The van der Waals surface area contributed by atoms with Gasteiger partial charge in [0.25, 0.3) is 5.91 Å². The van der Waals surface area contributed by atoms with Crippen molar-refractivity contribution in [2.24, 2.45) is 5.73 Å². The molecule has 1 atom stereocenters. The average Bonchev–Trinajstić information content (AvgIpc) is 2.65. The number of carbonyl (C=O) groups excluding carboxylic acids is 1. The minimum absolute atomic E-state index is 0.0638. The van der Waals surface area contributed by atoms with Crippen molar-refractivity contribution in [2.45, 2.75) is 26.3 Å². The fourth-order valence-electron chi connectivity index (χ4n) is 0.902. The summed E-state index contributed by atoms with van der Waals surface area (Å²) in [6.07, 6.45) is 0.729. The van der Waals surface area contributed by atoms with E-state index in [0.29, 0.717) is 12.4 Å². The largest absolute Gasteiger partial charge is 0.346 e. The predicted molar refractivity (Wildman–Crippen MR) is 51.7 cm³/mol. The van der Waals surface area contributed by atoms with Crippen LogP contribution in [0.2, 0.25) is 0 Å². The normalized spacial score (nSPS) is 12.5. The number of nitrogens with two attached hydrogens (primary N) is 1. The number of nitrogens with zero attached hydrogens (tertiary/aromatic N) is 2. The molecule has 1 rings (SSSR count). The molecule has 0 bridgehead atoms. The average molecular weight is 197 g/mol. The molecule has 0 aliphatic rings. The van der Waals surface area contributed by atoms with Gasteiger partial charge in [-0.15, -0.1) is 5.10 Å². The summed E-state index contributed by atoms with van der Waals surface area (Å²) in [5, 5.41) is 9.13. The molecule has 78 valence electrons. The van der Waals surface area contributed by atoms with E-state index in [1.54, 1.807) is 0 Å². The molecule has 4 N–H and O–H groups in total. The lowest BCUT2D eigenvalue weighted by Gasteiger charge is -2.08. The molecule has 0 aromatic carbocycles. The molecular weight excluding hydrogens is 182 g/mol. The Balaban J connectivity index is 2.60. The molecule has 0 saturated heterocycles. The van der Waals surface area contributed by atoms with Crippen molar-refractivity contribution >= 4 is 5.91 Å². The lowest BCUT2D eigenvalue weighted by atomic mass is 10.3. The lowest BCUT2D eigenvalue weighted by molar-refractivity contribution is 0.0931. The summed E-state index contributed by atoms with van der Waals surface area (Å²) in [7, 11) is 0. The van der Waals surface area contributed by atoms with Crippen molar-refractivity contribution in [2.75, 3.05) is 6.54 Å². The fourth-order valence-corrected chi connectivity index (χ4v) is 0.902.